The molecule has 0 unspecified atom stereocenters. The van der Waals surface area contributed by atoms with Crippen LogP contribution in [0.5, 0.6) is 11.5 Å². The van der Waals surface area contributed by atoms with Gasteiger partial charge in [-0.1, -0.05) is 35.4 Å². The smallest absolute Gasteiger partial charge is 0.505 e. The molecule has 0 bridgehead atoms. The Kier molecular flexibility index (Phi) is 13.7. The number of carbonyl (C=O) groups is 1. The third-order valence-electron chi connectivity index (χ3n) is 6.00. The van der Waals surface area contributed by atoms with Crippen LogP contribution < -0.4 is 9.47 Å². The molecule has 0 spiro atoms. The minimum absolute atomic E-state index is 0. The van der Waals surface area contributed by atoms with E-state index in [4.69, 9.17) is 9.47 Å². The monoisotopic (exact) mass is 610 g/mol. The summed E-state index contributed by atoms with van der Waals surface area (Å²) in [6.07, 6.45) is 0. The molecule has 6 aromatic rings. The van der Waals surface area contributed by atoms with E-state index in [0.717, 1.165) is 33.8 Å². The second-order valence-corrected chi connectivity index (χ2v) is 8.42. The summed E-state index contributed by atoms with van der Waals surface area (Å²) in [5, 5.41) is 0. The van der Waals surface area contributed by atoms with Crippen molar-refractivity contribution >= 4 is 5.78 Å². The van der Waals surface area contributed by atoms with Crippen molar-refractivity contribution < 1.29 is 48.4 Å². The van der Waals surface area contributed by atoms with E-state index in [1.807, 2.05) is 146 Å². The normalized spacial score (nSPS) is 9.45. The molecular formula is C35H30Fe2O3. The Hall–Kier alpha value is -3.85. The van der Waals surface area contributed by atoms with Gasteiger partial charge in [-0.05, 0) is 23.3 Å². The standard InChI is InChI=1S/C25H20O3.2C5H5.2Fe/c1-27-19-11-13-21(23(15-19)17-7-3-4-8-17)25(26)22-14-12-20(28-2)16-24(22)18-9-5-6-10-18;2*1-2-4-5-3-1;;/h3-16H,1-2H3;2*1-5H;;/q-2;2*-1;2*+2. The van der Waals surface area contributed by atoms with Crippen LogP contribution in [0.2, 0.25) is 0 Å². The Morgan fingerprint density at radius 3 is 1.20 bits per heavy atom. The van der Waals surface area contributed by atoms with Crippen molar-refractivity contribution in [3.63, 3.8) is 0 Å². The molecule has 0 aliphatic carbocycles. The van der Waals surface area contributed by atoms with Crippen molar-refractivity contribution in [2.45, 2.75) is 0 Å². The van der Waals surface area contributed by atoms with Gasteiger partial charge in [0.2, 0.25) is 0 Å². The average molecular weight is 610 g/mol. The largest absolute Gasteiger partial charge is 2.00 e. The summed E-state index contributed by atoms with van der Waals surface area (Å²) in [6.45, 7) is 0. The third kappa shape index (κ3) is 8.58. The molecule has 6 aromatic carbocycles. The SMILES string of the molecule is COc1ccc(C(=O)c2ccc(OC)cc2-[c-]2cccc2)c(-[c-]2cccc2)c1.[Fe+2].[Fe+2].c1cc[cH-]c1.c1cc[cH-]c1. The molecule has 0 aromatic heterocycles. The first-order valence-corrected chi connectivity index (χ1v) is 12.4. The molecule has 0 aliphatic heterocycles. The summed E-state index contributed by atoms with van der Waals surface area (Å²) in [5.74, 6) is 1.41. The molecule has 0 heterocycles. The first-order chi connectivity index (χ1) is 18.7. The summed E-state index contributed by atoms with van der Waals surface area (Å²) in [7, 11) is 3.26. The van der Waals surface area contributed by atoms with Crippen molar-refractivity contribution in [2.75, 3.05) is 14.2 Å². The van der Waals surface area contributed by atoms with Gasteiger partial charge in [0.1, 0.15) is 5.78 Å². The van der Waals surface area contributed by atoms with E-state index in [1.165, 1.54) is 0 Å². The fourth-order valence-electron chi connectivity index (χ4n) is 4.07. The van der Waals surface area contributed by atoms with Gasteiger partial charge < -0.3 is 14.3 Å². The van der Waals surface area contributed by atoms with E-state index in [9.17, 15) is 4.79 Å². The molecular weight excluding hydrogens is 580 g/mol. The van der Waals surface area contributed by atoms with E-state index in [1.54, 1.807) is 14.2 Å². The predicted octanol–water partition coefficient (Wildman–Crippen LogP) is 8.51. The summed E-state index contributed by atoms with van der Waals surface area (Å²) >= 11 is 0. The molecule has 0 amide bonds. The van der Waals surface area contributed by atoms with Crippen LogP contribution in [0.3, 0.4) is 0 Å². The molecule has 3 nitrogen and oxygen atoms in total. The first kappa shape index (κ1) is 32.4. The van der Waals surface area contributed by atoms with Gasteiger partial charge >= 0.3 is 34.1 Å². The average Bonchev–Trinajstić information content (AvgIpc) is 3.81. The number of benzene rings is 2. The van der Waals surface area contributed by atoms with Gasteiger partial charge in [0, 0.05) is 0 Å². The van der Waals surface area contributed by atoms with Gasteiger partial charge in [-0.2, -0.15) is 60.7 Å². The van der Waals surface area contributed by atoms with E-state index in [-0.39, 0.29) is 39.9 Å². The summed E-state index contributed by atoms with van der Waals surface area (Å²) in [4.78, 5) is 13.6. The van der Waals surface area contributed by atoms with Crippen LogP contribution in [0, 0.1) is 0 Å². The molecule has 0 radical (unpaired) electrons. The number of carbonyl (C=O) groups excluding carboxylic acids is 1. The van der Waals surface area contributed by atoms with E-state index in [0.29, 0.717) is 11.1 Å². The zero-order valence-electron chi connectivity index (χ0n) is 22.3. The Labute approximate surface area is 257 Å². The molecule has 0 atom stereocenters. The van der Waals surface area contributed by atoms with Gasteiger partial charge in [-0.15, -0.1) is 35.4 Å². The number of methoxy groups -OCH3 is 2. The Morgan fingerprint density at radius 2 is 0.925 bits per heavy atom. The van der Waals surface area contributed by atoms with Crippen LogP contribution in [0.15, 0.2) is 146 Å². The number of hydrogen-bond donors (Lipinski definition) is 0. The predicted molar refractivity (Wildman–Crippen MR) is 156 cm³/mol. The molecule has 0 saturated carbocycles. The summed E-state index contributed by atoms with van der Waals surface area (Å²) in [6, 6.07) is 47.0. The maximum atomic E-state index is 13.6. The molecule has 0 aliphatic rings. The Balaban J connectivity index is 0.000000392. The summed E-state index contributed by atoms with van der Waals surface area (Å²) in [5.41, 5.74) is 4.99. The van der Waals surface area contributed by atoms with Crippen molar-refractivity contribution in [2.24, 2.45) is 0 Å². The zero-order chi connectivity index (χ0) is 26.6. The quantitative estimate of drug-likeness (QED) is 0.108. The topological polar surface area (TPSA) is 35.5 Å². The van der Waals surface area contributed by atoms with Gasteiger partial charge in [-0.3, -0.25) is 0 Å². The van der Waals surface area contributed by atoms with Gasteiger partial charge in [0.15, 0.2) is 0 Å². The third-order valence-corrected chi connectivity index (χ3v) is 6.00. The maximum absolute atomic E-state index is 13.6. The zero-order valence-corrected chi connectivity index (χ0v) is 24.5. The van der Waals surface area contributed by atoms with Gasteiger partial charge in [0.25, 0.3) is 0 Å². The molecule has 6 rings (SSSR count). The number of ketones is 1. The number of hydrogen-bond acceptors (Lipinski definition) is 3. The van der Waals surface area contributed by atoms with Crippen LogP contribution >= 0.6 is 0 Å². The van der Waals surface area contributed by atoms with Crippen LogP contribution in [0.1, 0.15) is 15.9 Å². The summed E-state index contributed by atoms with van der Waals surface area (Å²) < 4.78 is 10.8. The fraction of sp³-hybridized carbons (Fsp3) is 0.0571. The van der Waals surface area contributed by atoms with Crippen molar-refractivity contribution in [1.82, 2.24) is 0 Å². The van der Waals surface area contributed by atoms with Crippen LogP contribution in [-0.4, -0.2) is 20.0 Å². The Morgan fingerprint density at radius 1 is 0.575 bits per heavy atom. The molecule has 40 heavy (non-hydrogen) atoms. The van der Waals surface area contributed by atoms with Crippen LogP contribution in [0.4, 0.5) is 0 Å². The molecule has 204 valence electrons. The minimum atomic E-state index is -0.0299. The minimum Gasteiger partial charge on any atom is -0.505 e. The molecule has 0 fully saturated rings. The second-order valence-electron chi connectivity index (χ2n) is 8.42. The maximum Gasteiger partial charge on any atom is 2.00 e. The van der Waals surface area contributed by atoms with Gasteiger partial charge in [-0.25, -0.2) is 24.3 Å². The molecule has 0 saturated heterocycles. The van der Waals surface area contributed by atoms with Crippen LogP contribution in [0.25, 0.3) is 22.3 Å². The van der Waals surface area contributed by atoms with Crippen molar-refractivity contribution in [3.8, 4) is 33.8 Å². The van der Waals surface area contributed by atoms with E-state index in [2.05, 4.69) is 0 Å². The Bertz CT molecular complexity index is 1330. The fourth-order valence-corrected chi connectivity index (χ4v) is 4.07. The van der Waals surface area contributed by atoms with E-state index >= 15 is 0 Å². The molecule has 5 heteroatoms. The van der Waals surface area contributed by atoms with Crippen molar-refractivity contribution in [1.29, 1.82) is 0 Å². The molecule has 0 N–H and O–H groups in total. The van der Waals surface area contributed by atoms with E-state index < -0.39 is 0 Å². The van der Waals surface area contributed by atoms with Crippen molar-refractivity contribution in [3.05, 3.63) is 157 Å². The second kappa shape index (κ2) is 17.0. The number of ether oxygens (including phenoxy) is 2. The van der Waals surface area contributed by atoms with Gasteiger partial charge in [0.05, 0.1) is 25.7 Å². The van der Waals surface area contributed by atoms with Crippen LogP contribution in [-0.2, 0) is 34.1 Å². The first-order valence-electron chi connectivity index (χ1n) is 12.4. The number of rotatable bonds is 6.